The Balaban J connectivity index is 1.90. The van der Waals surface area contributed by atoms with Gasteiger partial charge >= 0.3 is 0 Å². The van der Waals surface area contributed by atoms with E-state index in [0.29, 0.717) is 5.92 Å². The van der Waals surface area contributed by atoms with Crippen LogP contribution < -0.4 is 0 Å². The van der Waals surface area contributed by atoms with Crippen molar-refractivity contribution >= 4 is 22.5 Å². The molecular formula is C15H15ClN4. The fourth-order valence-corrected chi connectivity index (χ4v) is 3.14. The van der Waals surface area contributed by atoms with Gasteiger partial charge in [0, 0.05) is 17.5 Å². The highest BCUT2D eigenvalue weighted by Gasteiger charge is 2.23. The minimum absolute atomic E-state index is 0.615. The monoisotopic (exact) mass is 286 g/mol. The first-order valence-corrected chi connectivity index (χ1v) is 7.26. The maximum Gasteiger partial charge on any atom is 0.103 e. The summed E-state index contributed by atoms with van der Waals surface area (Å²) in [5.74, 6) is 0.615. The molecule has 3 aromatic rings. The van der Waals surface area contributed by atoms with E-state index in [2.05, 4.69) is 16.3 Å². The highest BCUT2D eigenvalue weighted by molar-refractivity contribution is 6.32. The number of halogens is 1. The van der Waals surface area contributed by atoms with Crippen LogP contribution in [0, 0.1) is 0 Å². The minimum atomic E-state index is 0.615. The molecular weight excluding hydrogens is 272 g/mol. The van der Waals surface area contributed by atoms with E-state index in [4.69, 9.17) is 11.6 Å². The number of aromatic nitrogens is 4. The third-order valence-corrected chi connectivity index (χ3v) is 4.49. The molecule has 102 valence electrons. The molecule has 0 amide bonds. The molecule has 0 bridgehead atoms. The maximum absolute atomic E-state index is 6.42. The summed E-state index contributed by atoms with van der Waals surface area (Å²) in [7, 11) is 1.91. The summed E-state index contributed by atoms with van der Waals surface area (Å²) in [6.45, 7) is 0. The van der Waals surface area contributed by atoms with Crippen LogP contribution in [0.3, 0.4) is 0 Å². The topological polar surface area (TPSA) is 35.6 Å². The number of fused-ring (bicyclic) bond motifs is 1. The first-order chi connectivity index (χ1) is 9.72. The lowest BCUT2D eigenvalue weighted by atomic mass is 9.80. The Kier molecular flexibility index (Phi) is 2.60. The molecule has 0 saturated heterocycles. The van der Waals surface area contributed by atoms with Gasteiger partial charge in [0.15, 0.2) is 0 Å². The molecule has 5 heteroatoms. The molecule has 4 rings (SSSR count). The summed E-state index contributed by atoms with van der Waals surface area (Å²) >= 11 is 6.42. The average molecular weight is 287 g/mol. The van der Waals surface area contributed by atoms with Crippen molar-refractivity contribution in [1.82, 2.24) is 19.6 Å². The molecule has 2 heterocycles. The van der Waals surface area contributed by atoms with Gasteiger partial charge in [0.2, 0.25) is 0 Å². The van der Waals surface area contributed by atoms with Crippen molar-refractivity contribution in [2.75, 3.05) is 0 Å². The van der Waals surface area contributed by atoms with E-state index in [1.807, 2.05) is 36.4 Å². The Bertz CT molecular complexity index is 782. The van der Waals surface area contributed by atoms with Crippen molar-refractivity contribution in [1.29, 1.82) is 0 Å². The zero-order chi connectivity index (χ0) is 13.7. The summed E-state index contributed by atoms with van der Waals surface area (Å²) in [6.07, 6.45) is 9.44. The number of hydrogen-bond acceptors (Lipinski definition) is 2. The Morgan fingerprint density at radius 3 is 2.70 bits per heavy atom. The van der Waals surface area contributed by atoms with Gasteiger partial charge in [0.25, 0.3) is 0 Å². The molecule has 0 radical (unpaired) electrons. The van der Waals surface area contributed by atoms with E-state index in [9.17, 15) is 0 Å². The van der Waals surface area contributed by atoms with Gasteiger partial charge in [-0.2, -0.15) is 10.2 Å². The van der Waals surface area contributed by atoms with Crippen LogP contribution >= 0.6 is 11.6 Å². The molecule has 1 aliphatic carbocycles. The number of rotatable bonds is 2. The SMILES string of the molecule is Cn1cc(-n2ncc3cc(Cl)c(C4CCC4)cc32)cn1. The largest absolute Gasteiger partial charge is 0.274 e. The van der Waals surface area contributed by atoms with Crippen molar-refractivity contribution < 1.29 is 0 Å². The van der Waals surface area contributed by atoms with Crippen LogP contribution in [0.15, 0.2) is 30.7 Å². The highest BCUT2D eigenvalue weighted by atomic mass is 35.5. The summed E-state index contributed by atoms with van der Waals surface area (Å²) in [4.78, 5) is 0. The molecule has 2 aromatic heterocycles. The predicted octanol–water partition coefficient (Wildman–Crippen LogP) is 3.68. The Labute approximate surface area is 122 Å². The molecule has 0 N–H and O–H groups in total. The van der Waals surface area contributed by atoms with Crippen molar-refractivity contribution in [3.8, 4) is 5.69 Å². The van der Waals surface area contributed by atoms with Gasteiger partial charge in [0.1, 0.15) is 5.69 Å². The van der Waals surface area contributed by atoms with Gasteiger partial charge in [-0.1, -0.05) is 18.0 Å². The minimum Gasteiger partial charge on any atom is -0.274 e. The quantitative estimate of drug-likeness (QED) is 0.720. The zero-order valence-electron chi connectivity index (χ0n) is 11.3. The van der Waals surface area contributed by atoms with Gasteiger partial charge in [-0.3, -0.25) is 4.68 Å². The zero-order valence-corrected chi connectivity index (χ0v) is 12.0. The summed E-state index contributed by atoms with van der Waals surface area (Å²) in [5.41, 5.74) is 3.34. The molecule has 0 atom stereocenters. The lowest BCUT2D eigenvalue weighted by Crippen LogP contribution is -2.09. The van der Waals surface area contributed by atoms with E-state index >= 15 is 0 Å². The lowest BCUT2D eigenvalue weighted by Gasteiger charge is -2.26. The van der Waals surface area contributed by atoms with Crippen LogP contribution in [-0.4, -0.2) is 19.6 Å². The molecule has 0 spiro atoms. The first-order valence-electron chi connectivity index (χ1n) is 6.88. The van der Waals surface area contributed by atoms with Crippen LogP contribution in [0.1, 0.15) is 30.7 Å². The third kappa shape index (κ3) is 1.75. The van der Waals surface area contributed by atoms with Crippen LogP contribution in [0.2, 0.25) is 5.02 Å². The molecule has 0 aliphatic heterocycles. The molecule has 1 aromatic carbocycles. The second kappa shape index (κ2) is 4.35. The third-order valence-electron chi connectivity index (χ3n) is 4.17. The van der Waals surface area contributed by atoms with E-state index < -0.39 is 0 Å². The Morgan fingerprint density at radius 2 is 2.05 bits per heavy atom. The first kappa shape index (κ1) is 12.0. The molecule has 1 aliphatic rings. The van der Waals surface area contributed by atoms with Crippen molar-refractivity contribution in [2.24, 2.45) is 7.05 Å². The van der Waals surface area contributed by atoms with Gasteiger partial charge in [-0.15, -0.1) is 0 Å². The average Bonchev–Trinajstić information content (AvgIpc) is 2.93. The number of benzene rings is 1. The highest BCUT2D eigenvalue weighted by Crippen LogP contribution is 2.41. The van der Waals surface area contributed by atoms with E-state index in [1.165, 1.54) is 24.8 Å². The predicted molar refractivity (Wildman–Crippen MR) is 79.4 cm³/mol. The van der Waals surface area contributed by atoms with E-state index in [1.54, 1.807) is 4.68 Å². The molecule has 4 nitrogen and oxygen atoms in total. The standard InChI is InChI=1S/C15H15ClN4/c1-19-9-12(8-17-19)20-15-6-13(10-3-2-4-10)14(16)5-11(15)7-18-20/h5-10H,2-4H2,1H3. The fraction of sp³-hybridized carbons (Fsp3) is 0.333. The van der Waals surface area contributed by atoms with Crippen LogP contribution in [0.5, 0.6) is 0 Å². The van der Waals surface area contributed by atoms with Crippen molar-refractivity contribution in [3.63, 3.8) is 0 Å². The number of hydrogen-bond donors (Lipinski definition) is 0. The normalized spacial score (nSPS) is 15.7. The van der Waals surface area contributed by atoms with Crippen LogP contribution in [0.25, 0.3) is 16.6 Å². The summed E-state index contributed by atoms with van der Waals surface area (Å²) < 4.78 is 3.71. The number of aryl methyl sites for hydroxylation is 1. The molecule has 0 unspecified atom stereocenters. The van der Waals surface area contributed by atoms with Crippen LogP contribution in [-0.2, 0) is 7.05 Å². The Hall–Kier alpha value is -1.81. The van der Waals surface area contributed by atoms with Gasteiger partial charge in [-0.25, -0.2) is 4.68 Å². The van der Waals surface area contributed by atoms with Gasteiger partial charge < -0.3 is 0 Å². The summed E-state index contributed by atoms with van der Waals surface area (Å²) in [6, 6.07) is 4.23. The van der Waals surface area contributed by atoms with E-state index in [-0.39, 0.29) is 0 Å². The molecule has 20 heavy (non-hydrogen) atoms. The summed E-state index contributed by atoms with van der Waals surface area (Å²) in [5, 5.41) is 10.6. The van der Waals surface area contributed by atoms with Crippen molar-refractivity contribution in [2.45, 2.75) is 25.2 Å². The fourth-order valence-electron chi connectivity index (χ4n) is 2.82. The Morgan fingerprint density at radius 1 is 1.20 bits per heavy atom. The van der Waals surface area contributed by atoms with Gasteiger partial charge in [-0.05, 0) is 36.5 Å². The van der Waals surface area contributed by atoms with E-state index in [0.717, 1.165) is 21.6 Å². The van der Waals surface area contributed by atoms with Gasteiger partial charge in [0.05, 0.1) is 24.1 Å². The smallest absolute Gasteiger partial charge is 0.103 e. The van der Waals surface area contributed by atoms with Crippen molar-refractivity contribution in [3.05, 3.63) is 41.3 Å². The van der Waals surface area contributed by atoms with Crippen LogP contribution in [0.4, 0.5) is 0 Å². The lowest BCUT2D eigenvalue weighted by molar-refractivity contribution is 0.420. The second-order valence-corrected chi connectivity index (χ2v) is 5.90. The molecule has 1 saturated carbocycles. The molecule has 1 fully saturated rings. The maximum atomic E-state index is 6.42. The number of nitrogens with zero attached hydrogens (tertiary/aromatic N) is 4. The second-order valence-electron chi connectivity index (χ2n) is 5.49.